The van der Waals surface area contributed by atoms with Crippen LogP contribution in [0.25, 0.3) is 0 Å². The summed E-state index contributed by atoms with van der Waals surface area (Å²) in [6.45, 7) is 1.96. The number of oxime groups is 1. The molecule has 4 nitrogen and oxygen atoms in total. The van der Waals surface area contributed by atoms with Gasteiger partial charge in [0.25, 0.3) is 0 Å². The molecule has 0 fully saturated rings. The summed E-state index contributed by atoms with van der Waals surface area (Å²) in [6.07, 6.45) is 2.55. The average molecular weight is 327 g/mol. The van der Waals surface area contributed by atoms with Gasteiger partial charge < -0.3 is 9.57 Å². The Kier molecular flexibility index (Phi) is 4.60. The lowest BCUT2D eigenvalue weighted by Crippen LogP contribution is -2.14. The van der Waals surface area contributed by atoms with Gasteiger partial charge in [-0.1, -0.05) is 17.3 Å². The van der Waals surface area contributed by atoms with Crippen molar-refractivity contribution in [1.82, 2.24) is 0 Å². The van der Waals surface area contributed by atoms with Gasteiger partial charge in [-0.2, -0.15) is 0 Å². The first-order valence-electron chi connectivity index (χ1n) is 7.80. The molecule has 0 saturated carbocycles. The molecule has 0 unspecified atom stereocenters. The van der Waals surface area contributed by atoms with Gasteiger partial charge >= 0.3 is 5.97 Å². The predicted octanol–water partition coefficient (Wildman–Crippen LogP) is 4.04. The van der Waals surface area contributed by atoms with Crippen molar-refractivity contribution < 1.29 is 18.8 Å². The summed E-state index contributed by atoms with van der Waals surface area (Å²) >= 11 is 0. The average Bonchev–Trinajstić information content (AvgIpc) is 2.59. The standard InChI is InChI=1S/C19H18FNO3/c1-12-10-15-13(11-18(12)23-2)6-5-9-17(15)21-24-19(22)14-7-3-4-8-16(14)20/h3-4,7-8,10-11H,5-6,9H2,1-2H3/b21-17+. The van der Waals surface area contributed by atoms with Gasteiger partial charge in [0.2, 0.25) is 0 Å². The quantitative estimate of drug-likeness (QED) is 0.631. The lowest BCUT2D eigenvalue weighted by Gasteiger charge is -2.19. The lowest BCUT2D eigenvalue weighted by molar-refractivity contribution is 0.0510. The van der Waals surface area contributed by atoms with Crippen LogP contribution in [0.5, 0.6) is 5.75 Å². The van der Waals surface area contributed by atoms with Crippen LogP contribution in [0.1, 0.15) is 39.9 Å². The molecule has 24 heavy (non-hydrogen) atoms. The van der Waals surface area contributed by atoms with Crippen molar-refractivity contribution in [3.63, 3.8) is 0 Å². The van der Waals surface area contributed by atoms with Crippen LogP contribution < -0.4 is 4.74 Å². The fourth-order valence-electron chi connectivity index (χ4n) is 2.87. The fourth-order valence-corrected chi connectivity index (χ4v) is 2.87. The number of hydrogen-bond donors (Lipinski definition) is 0. The second-order valence-corrected chi connectivity index (χ2v) is 5.73. The lowest BCUT2D eigenvalue weighted by atomic mass is 9.88. The van der Waals surface area contributed by atoms with E-state index in [0.717, 1.165) is 35.3 Å². The second-order valence-electron chi connectivity index (χ2n) is 5.73. The van der Waals surface area contributed by atoms with Crippen LogP contribution in [0.2, 0.25) is 0 Å². The summed E-state index contributed by atoms with van der Waals surface area (Å²) in [7, 11) is 1.64. The molecular weight excluding hydrogens is 309 g/mol. The molecule has 2 aromatic rings. The number of halogens is 1. The molecule has 0 atom stereocenters. The molecule has 0 aliphatic heterocycles. The maximum Gasteiger partial charge on any atom is 0.368 e. The van der Waals surface area contributed by atoms with E-state index < -0.39 is 11.8 Å². The third kappa shape index (κ3) is 3.15. The van der Waals surface area contributed by atoms with E-state index in [4.69, 9.17) is 9.57 Å². The van der Waals surface area contributed by atoms with Crippen LogP contribution >= 0.6 is 0 Å². The highest BCUT2D eigenvalue weighted by Gasteiger charge is 2.20. The van der Waals surface area contributed by atoms with E-state index in [1.807, 2.05) is 19.1 Å². The van der Waals surface area contributed by atoms with Crippen LogP contribution in [0, 0.1) is 12.7 Å². The molecular formula is C19H18FNO3. The van der Waals surface area contributed by atoms with Crippen LogP contribution in [0.3, 0.4) is 0 Å². The molecule has 0 amide bonds. The second kappa shape index (κ2) is 6.83. The minimum Gasteiger partial charge on any atom is -0.496 e. The smallest absolute Gasteiger partial charge is 0.368 e. The molecule has 1 aliphatic rings. The van der Waals surface area contributed by atoms with Gasteiger partial charge in [0.15, 0.2) is 0 Å². The highest BCUT2D eigenvalue weighted by Crippen LogP contribution is 2.29. The molecule has 5 heteroatoms. The number of aryl methyl sites for hydroxylation is 2. The minimum absolute atomic E-state index is 0.121. The highest BCUT2D eigenvalue weighted by atomic mass is 19.1. The van der Waals surface area contributed by atoms with E-state index in [-0.39, 0.29) is 5.56 Å². The third-order valence-electron chi connectivity index (χ3n) is 4.12. The maximum absolute atomic E-state index is 13.6. The molecule has 0 spiro atoms. The number of rotatable bonds is 3. The number of nitrogens with zero attached hydrogens (tertiary/aromatic N) is 1. The Morgan fingerprint density at radius 1 is 1.21 bits per heavy atom. The van der Waals surface area contributed by atoms with Crippen LogP contribution in [-0.2, 0) is 11.3 Å². The van der Waals surface area contributed by atoms with Gasteiger partial charge in [-0.3, -0.25) is 0 Å². The Bertz CT molecular complexity index is 814. The molecule has 3 rings (SSSR count). The van der Waals surface area contributed by atoms with Gasteiger partial charge in [0.1, 0.15) is 11.6 Å². The summed E-state index contributed by atoms with van der Waals surface area (Å²) in [5.74, 6) is -0.580. The van der Waals surface area contributed by atoms with Gasteiger partial charge in [0, 0.05) is 5.56 Å². The van der Waals surface area contributed by atoms with Gasteiger partial charge in [-0.05, 0) is 61.6 Å². The number of methoxy groups -OCH3 is 1. The molecule has 0 radical (unpaired) electrons. The van der Waals surface area contributed by atoms with Gasteiger partial charge in [0.05, 0.1) is 18.4 Å². The van der Waals surface area contributed by atoms with Crippen molar-refractivity contribution in [2.45, 2.75) is 26.2 Å². The maximum atomic E-state index is 13.6. The molecule has 124 valence electrons. The Morgan fingerprint density at radius 2 is 2.00 bits per heavy atom. The molecule has 2 aromatic carbocycles. The normalized spacial score (nSPS) is 15.0. The van der Waals surface area contributed by atoms with Gasteiger partial charge in [-0.25, -0.2) is 9.18 Å². The zero-order chi connectivity index (χ0) is 17.1. The minimum atomic E-state index is -0.794. The number of carbonyl (C=O) groups is 1. The fraction of sp³-hybridized carbons (Fsp3) is 0.263. The summed E-state index contributed by atoms with van der Waals surface area (Å²) < 4.78 is 19.0. The molecule has 0 aromatic heterocycles. The van der Waals surface area contributed by atoms with E-state index in [0.29, 0.717) is 12.1 Å². The van der Waals surface area contributed by atoms with Crippen molar-refractivity contribution >= 4 is 11.7 Å². The number of carbonyl (C=O) groups excluding carboxylic acids is 1. The van der Waals surface area contributed by atoms with Crippen molar-refractivity contribution in [1.29, 1.82) is 0 Å². The largest absolute Gasteiger partial charge is 0.496 e. The van der Waals surface area contributed by atoms with E-state index >= 15 is 0 Å². The number of hydrogen-bond acceptors (Lipinski definition) is 4. The summed E-state index contributed by atoms with van der Waals surface area (Å²) in [4.78, 5) is 17.0. The Hall–Kier alpha value is -2.69. The topological polar surface area (TPSA) is 47.9 Å². The van der Waals surface area contributed by atoms with Gasteiger partial charge in [-0.15, -0.1) is 0 Å². The predicted molar refractivity (Wildman–Crippen MR) is 89.0 cm³/mol. The van der Waals surface area contributed by atoms with E-state index in [9.17, 15) is 9.18 Å². The Labute approximate surface area is 139 Å². The number of fused-ring (bicyclic) bond motifs is 1. The SMILES string of the molecule is COc1cc2c(cc1C)/C(=N/OC(=O)c1ccccc1F)CCC2. The first-order valence-corrected chi connectivity index (χ1v) is 7.80. The molecule has 0 heterocycles. The first kappa shape index (κ1) is 16.2. The zero-order valence-electron chi connectivity index (χ0n) is 13.6. The summed E-state index contributed by atoms with van der Waals surface area (Å²) in [5, 5.41) is 4.00. The monoisotopic (exact) mass is 327 g/mol. The number of benzene rings is 2. The molecule has 1 aliphatic carbocycles. The Balaban J connectivity index is 1.87. The van der Waals surface area contributed by atoms with Crippen molar-refractivity contribution in [3.8, 4) is 5.75 Å². The third-order valence-corrected chi connectivity index (χ3v) is 4.12. The van der Waals surface area contributed by atoms with Crippen molar-refractivity contribution in [2.24, 2.45) is 5.16 Å². The van der Waals surface area contributed by atoms with E-state index in [1.54, 1.807) is 13.2 Å². The summed E-state index contributed by atoms with van der Waals surface area (Å²) in [5.41, 5.74) is 3.65. The highest BCUT2D eigenvalue weighted by molar-refractivity contribution is 6.03. The number of ether oxygens (including phenoxy) is 1. The van der Waals surface area contributed by atoms with Crippen molar-refractivity contribution in [2.75, 3.05) is 7.11 Å². The first-order chi connectivity index (χ1) is 11.6. The zero-order valence-corrected chi connectivity index (χ0v) is 13.6. The van der Waals surface area contributed by atoms with Crippen LogP contribution in [-0.4, -0.2) is 18.8 Å². The Morgan fingerprint density at radius 3 is 2.75 bits per heavy atom. The molecule has 0 saturated heterocycles. The molecule has 0 bridgehead atoms. The summed E-state index contributed by atoms with van der Waals surface area (Å²) in [6, 6.07) is 9.68. The van der Waals surface area contributed by atoms with Crippen LogP contribution in [0.15, 0.2) is 41.6 Å². The molecule has 0 N–H and O–H groups in total. The van der Waals surface area contributed by atoms with E-state index in [1.165, 1.54) is 18.2 Å². The van der Waals surface area contributed by atoms with E-state index in [2.05, 4.69) is 5.16 Å². The van der Waals surface area contributed by atoms with Crippen molar-refractivity contribution in [3.05, 3.63) is 64.5 Å². The van der Waals surface area contributed by atoms with Crippen LogP contribution in [0.4, 0.5) is 4.39 Å².